The lowest BCUT2D eigenvalue weighted by Gasteiger charge is -2.08. The molecule has 0 atom stereocenters. The van der Waals surface area contributed by atoms with Gasteiger partial charge in [0.05, 0.1) is 6.26 Å². The predicted octanol–water partition coefficient (Wildman–Crippen LogP) is 3.43. The average molecular weight is 328 g/mol. The molecule has 24 heavy (non-hydrogen) atoms. The Morgan fingerprint density at radius 1 is 1.17 bits per heavy atom. The van der Waals surface area contributed by atoms with Crippen LogP contribution in [-0.2, 0) is 9.53 Å². The highest BCUT2D eigenvalue weighted by Crippen LogP contribution is 2.34. The monoisotopic (exact) mass is 328 g/mol. The van der Waals surface area contributed by atoms with E-state index < -0.39 is 5.63 Å². The second kappa shape index (κ2) is 6.62. The minimum Gasteiger partial charge on any atom is -0.482 e. The number of ether oxygens (including phenoxy) is 2. The zero-order valence-corrected chi connectivity index (χ0v) is 13.3. The molecule has 0 saturated carbocycles. The van der Waals surface area contributed by atoms with E-state index in [1.54, 1.807) is 18.4 Å². The second-order valence-electron chi connectivity index (χ2n) is 5.36. The summed E-state index contributed by atoms with van der Waals surface area (Å²) in [5.74, 6) is 0.0403. The molecule has 124 valence electrons. The van der Waals surface area contributed by atoms with Gasteiger partial charge in [-0.05, 0) is 36.8 Å². The number of furan rings is 1. The molecule has 0 amide bonds. The first-order chi connectivity index (χ1) is 11.5. The lowest BCUT2D eigenvalue weighted by atomic mass is 10.1. The minimum atomic E-state index is -0.458. The van der Waals surface area contributed by atoms with Crippen molar-refractivity contribution in [3.63, 3.8) is 0 Å². The van der Waals surface area contributed by atoms with Crippen molar-refractivity contribution in [1.29, 1.82) is 0 Å². The summed E-state index contributed by atoms with van der Waals surface area (Å²) in [7, 11) is 0. The molecule has 0 aliphatic carbocycles. The third-order valence-electron chi connectivity index (χ3n) is 3.45. The van der Waals surface area contributed by atoms with Gasteiger partial charge < -0.3 is 18.3 Å². The molecule has 0 bridgehead atoms. The smallest absolute Gasteiger partial charge is 0.336 e. The minimum absolute atomic E-state index is 0.208. The first-order valence-electron chi connectivity index (χ1n) is 7.40. The zero-order valence-electron chi connectivity index (χ0n) is 13.3. The van der Waals surface area contributed by atoms with Crippen LogP contribution >= 0.6 is 0 Å². The maximum absolute atomic E-state index is 11.5. The molecule has 2 aromatic heterocycles. The van der Waals surface area contributed by atoms with Crippen LogP contribution in [0.3, 0.4) is 0 Å². The Labute approximate surface area is 137 Å². The summed E-state index contributed by atoms with van der Waals surface area (Å²) < 4.78 is 21.4. The van der Waals surface area contributed by atoms with Gasteiger partial charge in [-0.3, -0.25) is 4.79 Å². The van der Waals surface area contributed by atoms with Crippen LogP contribution in [0.2, 0.25) is 0 Å². The number of carbonyl (C=O) groups excluding carboxylic acids is 1. The van der Waals surface area contributed by atoms with E-state index in [2.05, 4.69) is 0 Å². The van der Waals surface area contributed by atoms with Crippen LogP contribution < -0.4 is 10.4 Å². The van der Waals surface area contributed by atoms with Gasteiger partial charge in [-0.25, -0.2) is 4.79 Å². The molecule has 3 rings (SSSR count). The highest BCUT2D eigenvalue weighted by atomic mass is 16.5. The Balaban J connectivity index is 1.90. The molecule has 0 unspecified atom stereocenters. The number of benzene rings is 1. The van der Waals surface area contributed by atoms with E-state index in [1.165, 1.54) is 13.0 Å². The second-order valence-corrected chi connectivity index (χ2v) is 5.36. The highest BCUT2D eigenvalue weighted by Gasteiger charge is 2.14. The molecule has 1 aromatic carbocycles. The van der Waals surface area contributed by atoms with Gasteiger partial charge in [-0.15, -0.1) is 0 Å². The summed E-state index contributed by atoms with van der Waals surface area (Å²) in [5.41, 5.74) is 1.25. The van der Waals surface area contributed by atoms with Gasteiger partial charge >= 0.3 is 11.6 Å². The summed E-state index contributed by atoms with van der Waals surface area (Å²) in [6.07, 6.45) is 3.34. The van der Waals surface area contributed by atoms with Gasteiger partial charge in [-0.2, -0.15) is 0 Å². The highest BCUT2D eigenvalue weighted by molar-refractivity contribution is 5.99. The fourth-order valence-corrected chi connectivity index (χ4v) is 2.28. The largest absolute Gasteiger partial charge is 0.482 e. The molecule has 0 aliphatic rings. The SMILES string of the molecule is CC(=O)OCC(C)=CCOc1c2occc2cc2ccc(=O)oc12. The fourth-order valence-electron chi connectivity index (χ4n) is 2.28. The van der Waals surface area contributed by atoms with Crippen molar-refractivity contribution in [2.75, 3.05) is 13.2 Å². The number of hydrogen-bond donors (Lipinski definition) is 0. The summed E-state index contributed by atoms with van der Waals surface area (Å²) in [6, 6.07) is 6.73. The van der Waals surface area contributed by atoms with Gasteiger partial charge in [-0.1, -0.05) is 0 Å². The molecule has 6 heteroatoms. The Kier molecular flexibility index (Phi) is 4.37. The van der Waals surface area contributed by atoms with E-state index in [9.17, 15) is 9.59 Å². The number of esters is 1. The molecule has 2 heterocycles. The van der Waals surface area contributed by atoms with Crippen LogP contribution in [0.5, 0.6) is 5.75 Å². The van der Waals surface area contributed by atoms with E-state index in [1.807, 2.05) is 19.1 Å². The van der Waals surface area contributed by atoms with E-state index >= 15 is 0 Å². The summed E-state index contributed by atoms with van der Waals surface area (Å²) in [6.45, 7) is 3.62. The number of carbonyl (C=O) groups is 1. The standard InChI is InChI=1S/C18H16O6/c1-11(10-23-12(2)19)5-7-22-18-16-14(6-8-21-16)9-13-3-4-15(20)24-17(13)18/h3-6,8-9H,7,10H2,1-2H3. The van der Waals surface area contributed by atoms with Crippen molar-refractivity contribution < 1.29 is 23.1 Å². The molecule has 0 aliphatic heterocycles. The predicted molar refractivity (Wildman–Crippen MR) is 88.1 cm³/mol. The van der Waals surface area contributed by atoms with Gasteiger partial charge in [0.2, 0.25) is 5.75 Å². The van der Waals surface area contributed by atoms with E-state index in [-0.39, 0.29) is 19.2 Å². The van der Waals surface area contributed by atoms with E-state index in [0.717, 1.165) is 16.3 Å². The molecule has 3 aromatic rings. The summed E-state index contributed by atoms with van der Waals surface area (Å²) in [4.78, 5) is 22.3. The normalized spacial score (nSPS) is 11.8. The van der Waals surface area contributed by atoms with Crippen LogP contribution in [0.25, 0.3) is 21.9 Å². The van der Waals surface area contributed by atoms with E-state index in [0.29, 0.717) is 16.9 Å². The molecule has 0 N–H and O–H groups in total. The quantitative estimate of drug-likeness (QED) is 0.405. The zero-order chi connectivity index (χ0) is 17.1. The summed E-state index contributed by atoms with van der Waals surface area (Å²) >= 11 is 0. The Morgan fingerprint density at radius 2 is 1.96 bits per heavy atom. The van der Waals surface area contributed by atoms with Gasteiger partial charge in [0.25, 0.3) is 0 Å². The molecular formula is C18H16O6. The first kappa shape index (κ1) is 15.9. The third kappa shape index (κ3) is 3.32. The molecular weight excluding hydrogens is 312 g/mol. The van der Waals surface area contributed by atoms with Gasteiger partial charge in [0.1, 0.15) is 13.2 Å². The Morgan fingerprint density at radius 3 is 2.75 bits per heavy atom. The average Bonchev–Trinajstić information content (AvgIpc) is 3.00. The lowest BCUT2D eigenvalue weighted by Crippen LogP contribution is -2.03. The molecule has 6 nitrogen and oxygen atoms in total. The number of hydrogen-bond acceptors (Lipinski definition) is 6. The van der Waals surface area contributed by atoms with Crippen molar-refractivity contribution in [2.45, 2.75) is 13.8 Å². The van der Waals surface area contributed by atoms with E-state index in [4.69, 9.17) is 18.3 Å². The Bertz CT molecular complexity index is 976. The summed E-state index contributed by atoms with van der Waals surface area (Å²) in [5, 5.41) is 1.60. The molecule has 0 saturated heterocycles. The van der Waals surface area contributed by atoms with Crippen LogP contribution in [0, 0.1) is 0 Å². The molecule has 0 radical (unpaired) electrons. The number of rotatable bonds is 5. The van der Waals surface area contributed by atoms with Gasteiger partial charge in [0, 0.05) is 23.8 Å². The third-order valence-corrected chi connectivity index (χ3v) is 3.45. The molecule has 0 spiro atoms. The molecule has 0 fully saturated rings. The maximum atomic E-state index is 11.5. The van der Waals surface area contributed by atoms with Crippen molar-refractivity contribution in [1.82, 2.24) is 0 Å². The van der Waals surface area contributed by atoms with Crippen LogP contribution in [-0.4, -0.2) is 19.2 Å². The Hall–Kier alpha value is -3.02. The van der Waals surface area contributed by atoms with Crippen molar-refractivity contribution in [3.8, 4) is 5.75 Å². The van der Waals surface area contributed by atoms with Gasteiger partial charge in [0.15, 0.2) is 11.2 Å². The maximum Gasteiger partial charge on any atom is 0.336 e. The van der Waals surface area contributed by atoms with Crippen molar-refractivity contribution >= 4 is 27.9 Å². The van der Waals surface area contributed by atoms with Crippen LogP contribution in [0.15, 0.2) is 55.8 Å². The topological polar surface area (TPSA) is 78.9 Å². The first-order valence-corrected chi connectivity index (χ1v) is 7.40. The van der Waals surface area contributed by atoms with Crippen LogP contribution in [0.1, 0.15) is 13.8 Å². The van der Waals surface area contributed by atoms with Crippen molar-refractivity contribution in [3.05, 3.63) is 52.6 Å². The fraction of sp³-hybridized carbons (Fsp3) is 0.222. The van der Waals surface area contributed by atoms with Crippen molar-refractivity contribution in [2.24, 2.45) is 0 Å². The van der Waals surface area contributed by atoms with Crippen LogP contribution in [0.4, 0.5) is 0 Å². The lowest BCUT2D eigenvalue weighted by molar-refractivity contribution is -0.139. The number of fused-ring (bicyclic) bond motifs is 2.